The summed E-state index contributed by atoms with van der Waals surface area (Å²) in [6.45, 7) is 3.96. The molecule has 1 aliphatic rings. The fraction of sp³-hybridized carbons (Fsp3) is 0.900. The van der Waals surface area contributed by atoms with Crippen molar-refractivity contribution in [2.45, 2.75) is 33.1 Å². The van der Waals surface area contributed by atoms with Gasteiger partial charge in [0.1, 0.15) is 0 Å². The molecule has 1 saturated heterocycles. The van der Waals surface area contributed by atoms with E-state index in [1.807, 2.05) is 13.8 Å². The van der Waals surface area contributed by atoms with E-state index in [0.717, 1.165) is 6.42 Å². The minimum atomic E-state index is -3.13. The van der Waals surface area contributed by atoms with Gasteiger partial charge in [0, 0.05) is 0 Å². The van der Waals surface area contributed by atoms with Crippen LogP contribution in [0.3, 0.4) is 0 Å². The normalized spacial score (nSPS) is 31.3. The highest BCUT2D eigenvalue weighted by Crippen LogP contribution is 2.39. The molecule has 0 aliphatic carbocycles. The molecule has 1 rings (SSSR count). The Labute approximate surface area is 90.6 Å². The molecule has 1 fully saturated rings. The molecule has 0 saturated carbocycles. The lowest BCUT2D eigenvalue weighted by atomic mass is 9.78. The van der Waals surface area contributed by atoms with E-state index in [0.29, 0.717) is 6.42 Å². The summed E-state index contributed by atoms with van der Waals surface area (Å²) in [5, 5.41) is 9.18. The molecule has 0 aromatic heterocycles. The molecule has 0 spiro atoms. The Hall–Kier alpha value is -0.580. The second-order valence-electron chi connectivity index (χ2n) is 4.65. The summed E-state index contributed by atoms with van der Waals surface area (Å²) in [7, 11) is -3.13. The first-order valence-electron chi connectivity index (χ1n) is 5.25. The Balaban J connectivity index is 2.88. The quantitative estimate of drug-likeness (QED) is 0.796. The highest BCUT2D eigenvalue weighted by atomic mass is 32.2. The molecule has 0 radical (unpaired) electrons. The number of hydrogen-bond acceptors (Lipinski definition) is 3. The molecule has 0 bridgehead atoms. The van der Waals surface area contributed by atoms with Crippen molar-refractivity contribution in [3.8, 4) is 0 Å². The van der Waals surface area contributed by atoms with Gasteiger partial charge in [-0.05, 0) is 18.8 Å². The van der Waals surface area contributed by atoms with Crippen LogP contribution in [0.1, 0.15) is 33.1 Å². The van der Waals surface area contributed by atoms with Gasteiger partial charge in [-0.25, -0.2) is 8.42 Å². The van der Waals surface area contributed by atoms with Gasteiger partial charge in [-0.2, -0.15) is 0 Å². The van der Waals surface area contributed by atoms with Gasteiger partial charge < -0.3 is 5.11 Å². The van der Waals surface area contributed by atoms with Crippen LogP contribution in [0.15, 0.2) is 0 Å². The molecule has 1 N–H and O–H groups in total. The van der Waals surface area contributed by atoms with Crippen molar-refractivity contribution in [2.75, 3.05) is 11.5 Å². The van der Waals surface area contributed by atoms with Crippen molar-refractivity contribution in [3.63, 3.8) is 0 Å². The number of rotatable bonds is 4. The van der Waals surface area contributed by atoms with Gasteiger partial charge in [0.15, 0.2) is 9.84 Å². The molecule has 0 amide bonds. The van der Waals surface area contributed by atoms with Gasteiger partial charge in [-0.15, -0.1) is 0 Å². The Morgan fingerprint density at radius 1 is 1.53 bits per heavy atom. The summed E-state index contributed by atoms with van der Waals surface area (Å²) in [6, 6.07) is 0. The van der Waals surface area contributed by atoms with Crippen LogP contribution >= 0.6 is 0 Å². The minimum Gasteiger partial charge on any atom is -0.481 e. The van der Waals surface area contributed by atoms with Crippen LogP contribution in [0.25, 0.3) is 0 Å². The number of hydrogen-bond donors (Lipinski definition) is 1. The highest BCUT2D eigenvalue weighted by molar-refractivity contribution is 7.91. The Morgan fingerprint density at radius 2 is 2.13 bits per heavy atom. The molecular weight excluding hydrogens is 216 g/mol. The molecule has 4 nitrogen and oxygen atoms in total. The summed E-state index contributed by atoms with van der Waals surface area (Å²) >= 11 is 0. The maximum atomic E-state index is 11.4. The first kappa shape index (κ1) is 12.5. The fourth-order valence-corrected chi connectivity index (χ4v) is 4.22. The van der Waals surface area contributed by atoms with Gasteiger partial charge in [-0.1, -0.05) is 20.3 Å². The first-order valence-corrected chi connectivity index (χ1v) is 7.07. The maximum Gasteiger partial charge on any atom is 0.310 e. The molecular formula is C10H18O4S. The third-order valence-corrected chi connectivity index (χ3v) is 5.10. The van der Waals surface area contributed by atoms with Crippen molar-refractivity contribution in [3.05, 3.63) is 0 Å². The van der Waals surface area contributed by atoms with Gasteiger partial charge in [0.2, 0.25) is 0 Å². The molecule has 0 aromatic rings. The van der Waals surface area contributed by atoms with Crippen LogP contribution < -0.4 is 0 Å². The Morgan fingerprint density at radius 3 is 2.47 bits per heavy atom. The van der Waals surface area contributed by atoms with Crippen LogP contribution in [0.4, 0.5) is 0 Å². The summed E-state index contributed by atoms with van der Waals surface area (Å²) in [4.78, 5) is 11.2. The number of carboxylic acid groups (broad SMARTS) is 1. The van der Waals surface area contributed by atoms with Crippen LogP contribution in [-0.2, 0) is 14.6 Å². The number of aliphatic carboxylic acids is 1. The van der Waals surface area contributed by atoms with Gasteiger partial charge in [0.05, 0.1) is 16.9 Å². The van der Waals surface area contributed by atoms with Crippen molar-refractivity contribution in [1.82, 2.24) is 0 Å². The van der Waals surface area contributed by atoms with Crippen molar-refractivity contribution in [2.24, 2.45) is 11.3 Å². The Kier molecular flexibility index (Phi) is 3.43. The minimum absolute atomic E-state index is 0.0235. The zero-order valence-electron chi connectivity index (χ0n) is 9.19. The molecule has 5 heteroatoms. The molecule has 1 aliphatic heterocycles. The number of sulfone groups is 1. The summed E-state index contributed by atoms with van der Waals surface area (Å²) in [5.74, 6) is -0.853. The first-order chi connectivity index (χ1) is 6.81. The van der Waals surface area contributed by atoms with Gasteiger partial charge in [-0.3, -0.25) is 4.79 Å². The van der Waals surface area contributed by atoms with Gasteiger partial charge >= 0.3 is 5.97 Å². The van der Waals surface area contributed by atoms with E-state index < -0.39 is 21.2 Å². The van der Waals surface area contributed by atoms with E-state index in [-0.39, 0.29) is 23.8 Å². The van der Waals surface area contributed by atoms with E-state index >= 15 is 0 Å². The smallest absolute Gasteiger partial charge is 0.310 e. The van der Waals surface area contributed by atoms with E-state index in [2.05, 4.69) is 0 Å². The van der Waals surface area contributed by atoms with E-state index in [1.54, 1.807) is 0 Å². The largest absolute Gasteiger partial charge is 0.481 e. The molecule has 2 atom stereocenters. The molecule has 1 heterocycles. The number of carbonyl (C=O) groups is 1. The molecule has 15 heavy (non-hydrogen) atoms. The fourth-order valence-electron chi connectivity index (χ4n) is 2.14. The third-order valence-electron chi connectivity index (χ3n) is 3.28. The van der Waals surface area contributed by atoms with Crippen molar-refractivity contribution < 1.29 is 18.3 Å². The SMILES string of the molecule is CCC(C)CC1(C(=O)O)CCS(=O)(=O)C1. The van der Waals surface area contributed by atoms with Crippen LogP contribution in [0.2, 0.25) is 0 Å². The molecule has 0 aromatic carbocycles. The second kappa shape index (κ2) is 4.12. The van der Waals surface area contributed by atoms with E-state index in [4.69, 9.17) is 0 Å². The lowest BCUT2D eigenvalue weighted by molar-refractivity contribution is -0.148. The van der Waals surface area contributed by atoms with Gasteiger partial charge in [0.25, 0.3) is 0 Å². The average Bonchev–Trinajstić information content (AvgIpc) is 2.43. The zero-order chi connectivity index (χ0) is 11.7. The zero-order valence-corrected chi connectivity index (χ0v) is 10.0. The summed E-state index contributed by atoms with van der Waals surface area (Å²) in [6.07, 6.45) is 1.63. The third kappa shape index (κ3) is 2.71. The average molecular weight is 234 g/mol. The van der Waals surface area contributed by atoms with Crippen LogP contribution in [0, 0.1) is 11.3 Å². The molecule has 2 unspecified atom stereocenters. The predicted molar refractivity (Wildman–Crippen MR) is 57.4 cm³/mol. The summed E-state index contributed by atoms with van der Waals surface area (Å²) in [5.41, 5.74) is -1.02. The van der Waals surface area contributed by atoms with Crippen LogP contribution in [0.5, 0.6) is 0 Å². The second-order valence-corrected chi connectivity index (χ2v) is 6.83. The predicted octanol–water partition coefficient (Wildman–Crippen LogP) is 1.31. The monoisotopic (exact) mass is 234 g/mol. The standard InChI is InChI=1S/C10H18O4S/c1-3-8(2)6-10(9(11)12)4-5-15(13,14)7-10/h8H,3-7H2,1-2H3,(H,11,12). The lowest BCUT2D eigenvalue weighted by Crippen LogP contribution is -2.34. The lowest BCUT2D eigenvalue weighted by Gasteiger charge is -2.25. The topological polar surface area (TPSA) is 71.4 Å². The van der Waals surface area contributed by atoms with E-state index in [9.17, 15) is 18.3 Å². The Bertz CT molecular complexity index is 346. The molecule has 88 valence electrons. The maximum absolute atomic E-state index is 11.4. The van der Waals surface area contributed by atoms with E-state index in [1.165, 1.54) is 0 Å². The van der Waals surface area contributed by atoms with Crippen LogP contribution in [-0.4, -0.2) is 31.0 Å². The highest BCUT2D eigenvalue weighted by Gasteiger charge is 2.48. The van der Waals surface area contributed by atoms with Crippen molar-refractivity contribution in [1.29, 1.82) is 0 Å². The van der Waals surface area contributed by atoms with Crippen molar-refractivity contribution >= 4 is 15.8 Å². The number of carboxylic acids is 1. The summed E-state index contributed by atoms with van der Waals surface area (Å²) < 4.78 is 22.7.